The van der Waals surface area contributed by atoms with Crippen molar-refractivity contribution in [2.75, 3.05) is 26.8 Å². The van der Waals surface area contributed by atoms with Crippen LogP contribution in [-0.4, -0.2) is 50.7 Å². The number of unbranched alkanes of at least 4 members (excludes halogenated alkanes) is 1. The largest absolute Gasteiger partial charge is 0.466 e. The van der Waals surface area contributed by atoms with E-state index >= 15 is 0 Å². The van der Waals surface area contributed by atoms with Crippen molar-refractivity contribution in [3.63, 3.8) is 0 Å². The Bertz CT molecular complexity index is 347. The molecule has 0 rings (SSSR count). The van der Waals surface area contributed by atoms with Crippen LogP contribution in [0.1, 0.15) is 46.0 Å². The second-order valence-electron chi connectivity index (χ2n) is 4.78. The monoisotopic (exact) mass is 316 g/mol. The molecule has 1 amide bonds. The lowest BCUT2D eigenvalue weighted by atomic mass is 10.1. The van der Waals surface area contributed by atoms with E-state index in [0.717, 1.165) is 19.4 Å². The molecular weight excluding hydrogens is 288 g/mol. The molecule has 7 nitrogen and oxygen atoms in total. The summed E-state index contributed by atoms with van der Waals surface area (Å²) in [5, 5.41) is 5.64. The Hall–Kier alpha value is -1.63. The highest BCUT2D eigenvalue weighted by molar-refractivity contribution is 5.84. The van der Waals surface area contributed by atoms with E-state index in [4.69, 9.17) is 9.47 Å². The van der Waals surface area contributed by atoms with E-state index in [2.05, 4.69) is 10.6 Å². The van der Waals surface area contributed by atoms with Gasteiger partial charge in [0.05, 0.1) is 13.2 Å². The Morgan fingerprint density at radius 3 is 2.27 bits per heavy atom. The van der Waals surface area contributed by atoms with E-state index in [0.29, 0.717) is 13.0 Å². The molecule has 7 heteroatoms. The van der Waals surface area contributed by atoms with Gasteiger partial charge in [-0.1, -0.05) is 0 Å². The standard InChI is InChI=1S/C15H28N2O5/c1-4-21-14(19)10-9-12(15(20)22-5-2)17-13(18)8-6-7-11-16-3/h12,16H,4-11H2,1-3H3,(H,17,18)/t12-/m0/s1. The summed E-state index contributed by atoms with van der Waals surface area (Å²) in [5.41, 5.74) is 0. The van der Waals surface area contributed by atoms with Crippen molar-refractivity contribution < 1.29 is 23.9 Å². The first-order valence-electron chi connectivity index (χ1n) is 7.81. The highest BCUT2D eigenvalue weighted by Crippen LogP contribution is 2.04. The van der Waals surface area contributed by atoms with Crippen LogP contribution in [0.2, 0.25) is 0 Å². The molecule has 0 spiro atoms. The Labute approximate surface area is 132 Å². The van der Waals surface area contributed by atoms with E-state index in [1.165, 1.54) is 0 Å². The Kier molecular flexibility index (Phi) is 12.1. The van der Waals surface area contributed by atoms with Gasteiger partial charge in [-0.25, -0.2) is 4.79 Å². The number of nitrogens with one attached hydrogen (secondary N) is 2. The molecule has 2 N–H and O–H groups in total. The SMILES string of the molecule is CCOC(=O)CC[C@H](NC(=O)CCCCNC)C(=O)OCC. The van der Waals surface area contributed by atoms with Crippen molar-refractivity contribution in [3.8, 4) is 0 Å². The first-order chi connectivity index (χ1) is 10.5. The third-order valence-electron chi connectivity index (χ3n) is 2.93. The summed E-state index contributed by atoms with van der Waals surface area (Å²) < 4.78 is 9.74. The van der Waals surface area contributed by atoms with Crippen molar-refractivity contribution in [1.82, 2.24) is 10.6 Å². The maximum atomic E-state index is 11.8. The van der Waals surface area contributed by atoms with E-state index in [-0.39, 0.29) is 31.3 Å². The van der Waals surface area contributed by atoms with E-state index in [1.54, 1.807) is 13.8 Å². The van der Waals surface area contributed by atoms with Gasteiger partial charge in [0.1, 0.15) is 6.04 Å². The predicted octanol–water partition coefficient (Wildman–Crippen LogP) is 0.767. The van der Waals surface area contributed by atoms with Gasteiger partial charge in [0, 0.05) is 12.8 Å². The smallest absolute Gasteiger partial charge is 0.328 e. The zero-order chi connectivity index (χ0) is 16.8. The summed E-state index contributed by atoms with van der Waals surface area (Å²) in [7, 11) is 1.85. The fraction of sp³-hybridized carbons (Fsp3) is 0.800. The summed E-state index contributed by atoms with van der Waals surface area (Å²) in [6.07, 6.45) is 2.21. The van der Waals surface area contributed by atoms with Crippen LogP contribution < -0.4 is 10.6 Å². The summed E-state index contributed by atoms with van der Waals surface area (Å²) in [5.74, 6) is -1.12. The van der Waals surface area contributed by atoms with Crippen LogP contribution in [-0.2, 0) is 23.9 Å². The molecule has 0 bridgehead atoms. The van der Waals surface area contributed by atoms with Gasteiger partial charge in [0.2, 0.25) is 5.91 Å². The fourth-order valence-corrected chi connectivity index (χ4v) is 1.84. The van der Waals surface area contributed by atoms with Gasteiger partial charge in [-0.15, -0.1) is 0 Å². The minimum atomic E-state index is -0.804. The lowest BCUT2D eigenvalue weighted by Crippen LogP contribution is -2.42. The summed E-state index contributed by atoms with van der Waals surface area (Å²) in [6.45, 7) is 4.78. The molecule has 0 unspecified atom stereocenters. The average molecular weight is 316 g/mol. The molecule has 0 fully saturated rings. The van der Waals surface area contributed by atoms with Crippen molar-refractivity contribution in [1.29, 1.82) is 0 Å². The molecule has 0 aromatic heterocycles. The molecule has 0 aromatic rings. The van der Waals surface area contributed by atoms with E-state index in [1.807, 2.05) is 7.05 Å². The molecule has 0 radical (unpaired) electrons. The van der Waals surface area contributed by atoms with Gasteiger partial charge < -0.3 is 20.1 Å². The molecule has 0 aliphatic heterocycles. The number of rotatable bonds is 12. The van der Waals surface area contributed by atoms with E-state index < -0.39 is 12.0 Å². The van der Waals surface area contributed by atoms with Gasteiger partial charge in [-0.3, -0.25) is 9.59 Å². The number of hydrogen-bond acceptors (Lipinski definition) is 6. The normalized spacial score (nSPS) is 11.6. The first-order valence-corrected chi connectivity index (χ1v) is 7.81. The molecule has 0 heterocycles. The summed E-state index contributed by atoms with van der Waals surface area (Å²) in [6, 6.07) is -0.804. The van der Waals surface area contributed by atoms with Gasteiger partial charge in [-0.05, 0) is 46.7 Å². The number of amides is 1. The predicted molar refractivity (Wildman–Crippen MR) is 82.2 cm³/mol. The number of hydrogen-bond donors (Lipinski definition) is 2. The minimum Gasteiger partial charge on any atom is -0.466 e. The topological polar surface area (TPSA) is 93.7 Å². The minimum absolute atomic E-state index is 0.0668. The summed E-state index contributed by atoms with van der Waals surface area (Å²) in [4.78, 5) is 35.0. The third kappa shape index (κ3) is 10.1. The Morgan fingerprint density at radius 1 is 1.00 bits per heavy atom. The average Bonchev–Trinajstić information content (AvgIpc) is 2.48. The van der Waals surface area contributed by atoms with Crippen LogP contribution in [0.15, 0.2) is 0 Å². The summed E-state index contributed by atoms with van der Waals surface area (Å²) >= 11 is 0. The second-order valence-corrected chi connectivity index (χ2v) is 4.78. The lowest BCUT2D eigenvalue weighted by molar-refractivity contribution is -0.148. The van der Waals surface area contributed by atoms with Gasteiger partial charge >= 0.3 is 11.9 Å². The van der Waals surface area contributed by atoms with Gasteiger partial charge in [-0.2, -0.15) is 0 Å². The molecule has 1 atom stereocenters. The molecule has 22 heavy (non-hydrogen) atoms. The first kappa shape index (κ1) is 20.4. The van der Waals surface area contributed by atoms with Gasteiger partial charge in [0.15, 0.2) is 0 Å². The fourth-order valence-electron chi connectivity index (χ4n) is 1.84. The van der Waals surface area contributed by atoms with Crippen LogP contribution in [0.5, 0.6) is 0 Å². The van der Waals surface area contributed by atoms with Crippen LogP contribution in [0.4, 0.5) is 0 Å². The van der Waals surface area contributed by atoms with Crippen LogP contribution in [0.3, 0.4) is 0 Å². The Balaban J connectivity index is 4.30. The lowest BCUT2D eigenvalue weighted by Gasteiger charge is -2.17. The van der Waals surface area contributed by atoms with Crippen LogP contribution in [0.25, 0.3) is 0 Å². The second kappa shape index (κ2) is 13.1. The van der Waals surface area contributed by atoms with Crippen molar-refractivity contribution in [2.24, 2.45) is 0 Å². The highest BCUT2D eigenvalue weighted by Gasteiger charge is 2.23. The van der Waals surface area contributed by atoms with E-state index in [9.17, 15) is 14.4 Å². The maximum Gasteiger partial charge on any atom is 0.328 e. The third-order valence-corrected chi connectivity index (χ3v) is 2.93. The molecule has 0 aliphatic carbocycles. The molecule has 128 valence electrons. The molecule has 0 aliphatic rings. The quantitative estimate of drug-likeness (QED) is 0.408. The van der Waals surface area contributed by atoms with Gasteiger partial charge in [0.25, 0.3) is 0 Å². The van der Waals surface area contributed by atoms with Crippen molar-refractivity contribution >= 4 is 17.8 Å². The van der Waals surface area contributed by atoms with Crippen LogP contribution >= 0.6 is 0 Å². The van der Waals surface area contributed by atoms with Crippen molar-refractivity contribution in [2.45, 2.75) is 52.0 Å². The molecule has 0 saturated heterocycles. The van der Waals surface area contributed by atoms with Crippen molar-refractivity contribution in [3.05, 3.63) is 0 Å². The molecular formula is C15H28N2O5. The highest BCUT2D eigenvalue weighted by atomic mass is 16.5. The zero-order valence-corrected chi connectivity index (χ0v) is 13.8. The molecule has 0 saturated carbocycles. The Morgan fingerprint density at radius 2 is 1.68 bits per heavy atom. The zero-order valence-electron chi connectivity index (χ0n) is 13.8. The number of carbonyl (C=O) groups excluding carboxylic acids is 3. The number of ether oxygens (including phenoxy) is 2. The number of carbonyl (C=O) groups is 3. The van der Waals surface area contributed by atoms with Crippen LogP contribution in [0, 0.1) is 0 Å². The number of esters is 2. The molecule has 0 aromatic carbocycles. The maximum absolute atomic E-state index is 11.8.